The molecule has 1 heterocycles. The first kappa shape index (κ1) is 15.6. The van der Waals surface area contributed by atoms with Crippen LogP contribution in [0.3, 0.4) is 0 Å². The number of hydrogen-bond acceptors (Lipinski definition) is 5. The van der Waals surface area contributed by atoms with Crippen LogP contribution in [0.2, 0.25) is 0 Å². The van der Waals surface area contributed by atoms with Gasteiger partial charge in [0.25, 0.3) is 5.91 Å². The molecule has 116 valence electrons. The number of methoxy groups -OCH3 is 1. The van der Waals surface area contributed by atoms with Crippen LogP contribution in [-0.4, -0.2) is 55.4 Å². The van der Waals surface area contributed by atoms with Crippen molar-refractivity contribution in [3.05, 3.63) is 23.8 Å². The quantitative estimate of drug-likeness (QED) is 0.806. The number of carbonyl (C=O) groups excluding carboxylic acids is 1. The van der Waals surface area contributed by atoms with Crippen molar-refractivity contribution in [3.63, 3.8) is 0 Å². The first-order valence-electron chi connectivity index (χ1n) is 6.94. The third-order valence-corrected chi connectivity index (χ3v) is 3.78. The molecule has 1 aromatic carbocycles. The van der Waals surface area contributed by atoms with Gasteiger partial charge in [-0.15, -0.1) is 0 Å². The van der Waals surface area contributed by atoms with Crippen LogP contribution in [-0.2, 0) is 4.74 Å². The fourth-order valence-electron chi connectivity index (χ4n) is 2.51. The Morgan fingerprint density at radius 3 is 2.71 bits per heavy atom. The number of anilines is 1. The van der Waals surface area contributed by atoms with Crippen LogP contribution >= 0.6 is 0 Å². The van der Waals surface area contributed by atoms with Crippen molar-refractivity contribution in [2.24, 2.45) is 0 Å². The Morgan fingerprint density at radius 2 is 2.14 bits per heavy atom. The summed E-state index contributed by atoms with van der Waals surface area (Å²) in [5.74, 6) is 0.363. The van der Waals surface area contributed by atoms with E-state index in [0.717, 1.165) is 0 Å². The molecule has 0 bridgehead atoms. The molecule has 0 spiro atoms. The van der Waals surface area contributed by atoms with Gasteiger partial charge < -0.3 is 25.2 Å². The van der Waals surface area contributed by atoms with E-state index in [2.05, 4.69) is 0 Å². The van der Waals surface area contributed by atoms with E-state index < -0.39 is 5.60 Å². The summed E-state index contributed by atoms with van der Waals surface area (Å²) < 4.78 is 10.3. The van der Waals surface area contributed by atoms with Gasteiger partial charge in [0.05, 0.1) is 18.4 Å². The Hall–Kier alpha value is -1.79. The fourth-order valence-corrected chi connectivity index (χ4v) is 2.51. The molecular formula is C15H22N2O4. The lowest BCUT2D eigenvalue weighted by Gasteiger charge is -2.35. The van der Waals surface area contributed by atoms with Crippen molar-refractivity contribution in [2.75, 3.05) is 39.6 Å². The number of likely N-dealkylation sites (N-methyl/N-ethyl adjacent to an activating group) is 1. The molecule has 0 unspecified atom stereocenters. The second-order valence-electron chi connectivity index (χ2n) is 5.45. The zero-order valence-electron chi connectivity index (χ0n) is 12.5. The number of aliphatic hydroxyl groups is 1. The van der Waals surface area contributed by atoms with Gasteiger partial charge in [-0.05, 0) is 18.2 Å². The van der Waals surface area contributed by atoms with Crippen LogP contribution in [0.25, 0.3) is 0 Å². The summed E-state index contributed by atoms with van der Waals surface area (Å²) in [4.78, 5) is 13.9. The lowest BCUT2D eigenvalue weighted by Crippen LogP contribution is -2.47. The molecule has 0 saturated carbocycles. The summed E-state index contributed by atoms with van der Waals surface area (Å²) in [6.07, 6.45) is 1.07. The highest BCUT2D eigenvalue weighted by Crippen LogP contribution is 2.24. The molecule has 0 radical (unpaired) electrons. The summed E-state index contributed by atoms with van der Waals surface area (Å²) in [5, 5.41) is 10.5. The van der Waals surface area contributed by atoms with Gasteiger partial charge in [-0.25, -0.2) is 0 Å². The Labute approximate surface area is 124 Å². The normalized spacial score (nSPS) is 17.3. The number of benzene rings is 1. The van der Waals surface area contributed by atoms with Gasteiger partial charge in [0, 0.05) is 45.2 Å². The van der Waals surface area contributed by atoms with E-state index in [9.17, 15) is 9.90 Å². The van der Waals surface area contributed by atoms with Crippen LogP contribution in [0, 0.1) is 0 Å². The van der Waals surface area contributed by atoms with E-state index in [1.54, 1.807) is 25.2 Å². The first-order valence-corrected chi connectivity index (χ1v) is 6.94. The molecule has 3 N–H and O–H groups in total. The average Bonchev–Trinajstić information content (AvgIpc) is 2.46. The molecule has 21 heavy (non-hydrogen) atoms. The Balaban J connectivity index is 2.06. The smallest absolute Gasteiger partial charge is 0.253 e. The van der Waals surface area contributed by atoms with Gasteiger partial charge >= 0.3 is 0 Å². The molecule has 1 aromatic rings. The van der Waals surface area contributed by atoms with E-state index in [1.807, 2.05) is 0 Å². The van der Waals surface area contributed by atoms with Gasteiger partial charge in [0.2, 0.25) is 0 Å². The molecule has 1 saturated heterocycles. The summed E-state index contributed by atoms with van der Waals surface area (Å²) in [7, 11) is 3.20. The molecule has 6 nitrogen and oxygen atoms in total. The molecule has 1 aliphatic rings. The van der Waals surface area contributed by atoms with Gasteiger partial charge in [-0.1, -0.05) is 0 Å². The number of nitrogen functional groups attached to an aromatic ring is 1. The number of ether oxygens (including phenoxy) is 2. The lowest BCUT2D eigenvalue weighted by atomic mass is 9.93. The highest BCUT2D eigenvalue weighted by atomic mass is 16.5. The number of nitrogens with two attached hydrogens (primary N) is 1. The van der Waals surface area contributed by atoms with E-state index in [4.69, 9.17) is 15.2 Å². The minimum Gasteiger partial charge on any atom is -0.495 e. The summed E-state index contributed by atoms with van der Waals surface area (Å²) >= 11 is 0. The Bertz CT molecular complexity index is 512. The lowest BCUT2D eigenvalue weighted by molar-refractivity contribution is -0.0734. The highest BCUT2D eigenvalue weighted by molar-refractivity contribution is 5.95. The molecule has 2 rings (SSSR count). The molecule has 0 atom stereocenters. The molecule has 1 fully saturated rings. The van der Waals surface area contributed by atoms with E-state index in [-0.39, 0.29) is 12.5 Å². The second-order valence-corrected chi connectivity index (χ2v) is 5.45. The standard InChI is InChI=1S/C15H22N2O4/c1-17(10-15(19)5-7-21-8-6-15)14(18)11-3-4-13(20-2)12(16)9-11/h3-4,9,19H,5-8,10,16H2,1-2H3. The third-order valence-electron chi connectivity index (χ3n) is 3.78. The highest BCUT2D eigenvalue weighted by Gasteiger charge is 2.32. The fraction of sp³-hybridized carbons (Fsp3) is 0.533. The van der Waals surface area contributed by atoms with Crippen molar-refractivity contribution in [1.82, 2.24) is 4.90 Å². The van der Waals surface area contributed by atoms with Crippen LogP contribution in [0.5, 0.6) is 5.75 Å². The number of hydrogen-bond donors (Lipinski definition) is 2. The van der Waals surface area contributed by atoms with Crippen LogP contribution in [0.15, 0.2) is 18.2 Å². The molecule has 6 heteroatoms. The second kappa shape index (κ2) is 6.32. The maximum Gasteiger partial charge on any atom is 0.253 e. The van der Waals surface area contributed by atoms with Crippen molar-refractivity contribution in [2.45, 2.75) is 18.4 Å². The summed E-state index contributed by atoms with van der Waals surface area (Å²) in [6, 6.07) is 4.92. The monoisotopic (exact) mass is 294 g/mol. The van der Waals surface area contributed by atoms with E-state index in [1.165, 1.54) is 12.0 Å². The minimum atomic E-state index is -0.874. The molecular weight excluding hydrogens is 272 g/mol. The van der Waals surface area contributed by atoms with Crippen LogP contribution in [0.4, 0.5) is 5.69 Å². The van der Waals surface area contributed by atoms with E-state index >= 15 is 0 Å². The summed E-state index contributed by atoms with van der Waals surface area (Å²) in [6.45, 7) is 1.32. The van der Waals surface area contributed by atoms with Gasteiger partial charge in [-0.3, -0.25) is 4.79 Å². The molecule has 1 aliphatic heterocycles. The van der Waals surface area contributed by atoms with Gasteiger partial charge in [0.1, 0.15) is 5.75 Å². The number of carbonyl (C=O) groups is 1. The first-order chi connectivity index (χ1) is 9.95. The topological polar surface area (TPSA) is 85.0 Å². The number of nitrogens with zero attached hydrogens (tertiary/aromatic N) is 1. The Morgan fingerprint density at radius 1 is 1.48 bits per heavy atom. The van der Waals surface area contributed by atoms with Gasteiger partial charge in [0.15, 0.2) is 0 Å². The van der Waals surface area contributed by atoms with Crippen molar-refractivity contribution >= 4 is 11.6 Å². The largest absolute Gasteiger partial charge is 0.495 e. The minimum absolute atomic E-state index is 0.177. The van der Waals surface area contributed by atoms with Crippen molar-refractivity contribution in [1.29, 1.82) is 0 Å². The van der Waals surface area contributed by atoms with Gasteiger partial charge in [-0.2, -0.15) is 0 Å². The van der Waals surface area contributed by atoms with Crippen molar-refractivity contribution < 1.29 is 19.4 Å². The van der Waals surface area contributed by atoms with Crippen LogP contribution < -0.4 is 10.5 Å². The number of rotatable bonds is 4. The Kier molecular flexibility index (Phi) is 4.69. The maximum absolute atomic E-state index is 12.4. The molecule has 1 amide bonds. The van der Waals surface area contributed by atoms with E-state index in [0.29, 0.717) is 43.1 Å². The maximum atomic E-state index is 12.4. The predicted octanol–water partition coefficient (Wildman–Crippen LogP) is 0.891. The predicted molar refractivity (Wildman–Crippen MR) is 79.4 cm³/mol. The average molecular weight is 294 g/mol. The zero-order valence-corrected chi connectivity index (χ0v) is 12.5. The third kappa shape index (κ3) is 3.65. The van der Waals surface area contributed by atoms with Crippen LogP contribution in [0.1, 0.15) is 23.2 Å². The SMILES string of the molecule is COc1ccc(C(=O)N(C)CC2(O)CCOCC2)cc1N. The molecule has 0 aliphatic carbocycles. The molecule has 0 aromatic heterocycles. The van der Waals surface area contributed by atoms with Crippen molar-refractivity contribution in [3.8, 4) is 5.75 Å². The summed E-state index contributed by atoms with van der Waals surface area (Å²) in [5.41, 5.74) is 5.84. The zero-order chi connectivity index (χ0) is 15.5. The number of amides is 1.